The van der Waals surface area contributed by atoms with E-state index in [0.717, 1.165) is 23.9 Å². The molecule has 0 bridgehead atoms. The van der Waals surface area contributed by atoms with Crippen molar-refractivity contribution in [3.63, 3.8) is 0 Å². The molecule has 4 nitrogen and oxygen atoms in total. The van der Waals surface area contributed by atoms with Crippen molar-refractivity contribution in [3.8, 4) is 0 Å². The first-order valence-electron chi connectivity index (χ1n) is 7.25. The Morgan fingerprint density at radius 2 is 2.10 bits per heavy atom. The van der Waals surface area contributed by atoms with Gasteiger partial charge in [-0.05, 0) is 43.1 Å². The van der Waals surface area contributed by atoms with Gasteiger partial charge in [-0.1, -0.05) is 19.1 Å². The maximum Gasteiger partial charge on any atom is 0.147 e. The Hall–Kier alpha value is -1.46. The molecule has 1 atom stereocenters. The second-order valence-corrected chi connectivity index (χ2v) is 7.60. The monoisotopic (exact) mass is 306 g/mol. The first-order chi connectivity index (χ1) is 9.99. The Morgan fingerprint density at radius 1 is 1.29 bits per heavy atom. The third-order valence-electron chi connectivity index (χ3n) is 3.49. The molecule has 5 heteroatoms. The zero-order valence-corrected chi connectivity index (χ0v) is 13.4. The predicted molar refractivity (Wildman–Crippen MR) is 87.1 cm³/mol. The molecule has 1 aromatic carbocycles. The van der Waals surface area contributed by atoms with Crippen LogP contribution in [0.4, 0.5) is 0 Å². The molecule has 1 aromatic heterocycles. The van der Waals surface area contributed by atoms with E-state index in [-0.39, 0.29) is 11.8 Å². The summed E-state index contributed by atoms with van der Waals surface area (Å²) in [6, 6.07) is 10.4. The van der Waals surface area contributed by atoms with Gasteiger partial charge in [0.2, 0.25) is 0 Å². The van der Waals surface area contributed by atoms with E-state index < -0.39 is 9.84 Å². The molecule has 21 heavy (non-hydrogen) atoms. The standard InChI is InChI=1S/C16H22N2O2S/c1-3-17-15(7-5-11-21(2,19)20)14-8-9-16-13(12-14)6-4-10-18-16/h4,6,8-10,12,15,17H,3,5,7,11H2,1-2H3. The normalized spacial score (nSPS) is 13.4. The molecule has 0 aliphatic heterocycles. The molecule has 0 aliphatic carbocycles. The maximum atomic E-state index is 11.3. The molecule has 1 N–H and O–H groups in total. The summed E-state index contributed by atoms with van der Waals surface area (Å²) < 4.78 is 22.5. The highest BCUT2D eigenvalue weighted by atomic mass is 32.2. The van der Waals surface area contributed by atoms with Crippen LogP contribution in [0.15, 0.2) is 36.5 Å². The molecule has 0 fully saturated rings. The van der Waals surface area contributed by atoms with Gasteiger partial charge in [-0.25, -0.2) is 8.42 Å². The van der Waals surface area contributed by atoms with Gasteiger partial charge >= 0.3 is 0 Å². The quantitative estimate of drug-likeness (QED) is 0.854. The molecule has 0 saturated carbocycles. The van der Waals surface area contributed by atoms with Crippen molar-refractivity contribution in [2.45, 2.75) is 25.8 Å². The van der Waals surface area contributed by atoms with Crippen molar-refractivity contribution in [3.05, 3.63) is 42.1 Å². The molecule has 1 unspecified atom stereocenters. The summed E-state index contributed by atoms with van der Waals surface area (Å²) in [5.74, 6) is 0.240. The van der Waals surface area contributed by atoms with Crippen LogP contribution in [0.5, 0.6) is 0 Å². The molecule has 0 aliphatic rings. The van der Waals surface area contributed by atoms with E-state index in [1.165, 1.54) is 11.8 Å². The van der Waals surface area contributed by atoms with Gasteiger partial charge in [0.1, 0.15) is 9.84 Å². The van der Waals surface area contributed by atoms with Gasteiger partial charge in [0.05, 0.1) is 5.52 Å². The predicted octanol–water partition coefficient (Wildman–Crippen LogP) is 2.71. The Labute approximate surface area is 126 Å². The van der Waals surface area contributed by atoms with E-state index in [1.54, 1.807) is 6.20 Å². The number of benzene rings is 1. The van der Waals surface area contributed by atoms with Gasteiger partial charge in [0.15, 0.2) is 0 Å². The minimum absolute atomic E-state index is 0.182. The zero-order valence-electron chi connectivity index (χ0n) is 12.5. The van der Waals surface area contributed by atoms with Crippen LogP contribution in [-0.4, -0.2) is 32.0 Å². The Bertz CT molecular complexity index is 698. The lowest BCUT2D eigenvalue weighted by Crippen LogP contribution is -2.21. The number of aromatic nitrogens is 1. The van der Waals surface area contributed by atoms with Crippen molar-refractivity contribution >= 4 is 20.7 Å². The summed E-state index contributed by atoms with van der Waals surface area (Å²) in [6.45, 7) is 2.92. The molecule has 0 spiro atoms. The van der Waals surface area contributed by atoms with Crippen LogP contribution in [0.1, 0.15) is 31.4 Å². The summed E-state index contributed by atoms with van der Waals surface area (Å²) >= 11 is 0. The summed E-state index contributed by atoms with van der Waals surface area (Å²) in [5.41, 5.74) is 2.17. The number of rotatable bonds is 7. The number of nitrogens with one attached hydrogen (secondary N) is 1. The third kappa shape index (κ3) is 4.79. The number of pyridine rings is 1. The summed E-state index contributed by atoms with van der Waals surface area (Å²) in [5, 5.41) is 4.55. The van der Waals surface area contributed by atoms with Crippen molar-refractivity contribution < 1.29 is 8.42 Å². The minimum Gasteiger partial charge on any atom is -0.310 e. The van der Waals surface area contributed by atoms with E-state index in [9.17, 15) is 8.42 Å². The SMILES string of the molecule is CCNC(CCCS(C)(=O)=O)c1ccc2ncccc2c1. The lowest BCUT2D eigenvalue weighted by Gasteiger charge is -2.18. The summed E-state index contributed by atoms with van der Waals surface area (Å²) in [7, 11) is -2.89. The molecule has 0 saturated heterocycles. The fourth-order valence-corrected chi connectivity index (χ4v) is 3.18. The smallest absolute Gasteiger partial charge is 0.147 e. The molecule has 0 amide bonds. The first-order valence-corrected chi connectivity index (χ1v) is 9.31. The molecule has 0 radical (unpaired) electrons. The first kappa shape index (κ1) is 15.9. The second-order valence-electron chi connectivity index (χ2n) is 5.34. The van der Waals surface area contributed by atoms with E-state index in [1.807, 2.05) is 18.2 Å². The molecule has 2 aromatic rings. The van der Waals surface area contributed by atoms with Gasteiger partial charge in [-0.2, -0.15) is 0 Å². The summed E-state index contributed by atoms with van der Waals surface area (Å²) in [4.78, 5) is 4.32. The topological polar surface area (TPSA) is 59.1 Å². The fraction of sp³-hybridized carbons (Fsp3) is 0.438. The number of hydrogen-bond donors (Lipinski definition) is 1. The zero-order chi connectivity index (χ0) is 15.3. The highest BCUT2D eigenvalue weighted by Crippen LogP contribution is 2.22. The van der Waals surface area contributed by atoms with Crippen LogP contribution in [-0.2, 0) is 9.84 Å². The Kier molecular flexibility index (Phi) is 5.31. The van der Waals surface area contributed by atoms with Crippen LogP contribution in [0.2, 0.25) is 0 Å². The minimum atomic E-state index is -2.89. The summed E-state index contributed by atoms with van der Waals surface area (Å²) in [6.07, 6.45) is 4.56. The van der Waals surface area contributed by atoms with Crippen molar-refractivity contribution in [2.75, 3.05) is 18.6 Å². The number of fused-ring (bicyclic) bond motifs is 1. The highest BCUT2D eigenvalue weighted by molar-refractivity contribution is 7.90. The molecule has 1 heterocycles. The van der Waals surface area contributed by atoms with Crippen LogP contribution < -0.4 is 5.32 Å². The lowest BCUT2D eigenvalue weighted by atomic mass is 10.0. The Morgan fingerprint density at radius 3 is 2.81 bits per heavy atom. The van der Waals surface area contributed by atoms with Crippen molar-refractivity contribution in [1.29, 1.82) is 0 Å². The second kappa shape index (κ2) is 7.00. The highest BCUT2D eigenvalue weighted by Gasteiger charge is 2.12. The largest absolute Gasteiger partial charge is 0.310 e. The molecule has 2 rings (SSSR count). The maximum absolute atomic E-state index is 11.3. The number of hydrogen-bond acceptors (Lipinski definition) is 4. The van der Waals surface area contributed by atoms with Crippen LogP contribution >= 0.6 is 0 Å². The van der Waals surface area contributed by atoms with E-state index >= 15 is 0 Å². The number of nitrogens with zero attached hydrogens (tertiary/aromatic N) is 1. The average molecular weight is 306 g/mol. The number of sulfone groups is 1. The molecule has 114 valence electrons. The van der Waals surface area contributed by atoms with Crippen LogP contribution in [0, 0.1) is 0 Å². The Balaban J connectivity index is 2.15. The van der Waals surface area contributed by atoms with Gasteiger partial charge in [-0.15, -0.1) is 0 Å². The van der Waals surface area contributed by atoms with Gasteiger partial charge in [0, 0.05) is 29.6 Å². The van der Waals surface area contributed by atoms with Crippen LogP contribution in [0.25, 0.3) is 10.9 Å². The van der Waals surface area contributed by atoms with Gasteiger partial charge in [-0.3, -0.25) is 4.98 Å². The van der Waals surface area contributed by atoms with Crippen molar-refractivity contribution in [2.24, 2.45) is 0 Å². The van der Waals surface area contributed by atoms with Crippen LogP contribution in [0.3, 0.4) is 0 Å². The average Bonchev–Trinajstić information content (AvgIpc) is 2.44. The molecular formula is C16H22N2O2S. The molecular weight excluding hydrogens is 284 g/mol. The van der Waals surface area contributed by atoms with E-state index in [0.29, 0.717) is 6.42 Å². The third-order valence-corrected chi connectivity index (χ3v) is 4.52. The van der Waals surface area contributed by atoms with Crippen molar-refractivity contribution in [1.82, 2.24) is 10.3 Å². The van der Waals surface area contributed by atoms with E-state index in [2.05, 4.69) is 29.4 Å². The van der Waals surface area contributed by atoms with E-state index in [4.69, 9.17) is 0 Å². The van der Waals surface area contributed by atoms with Gasteiger partial charge in [0.25, 0.3) is 0 Å². The lowest BCUT2D eigenvalue weighted by molar-refractivity contribution is 0.507. The van der Waals surface area contributed by atoms with Gasteiger partial charge < -0.3 is 5.32 Å². The fourth-order valence-electron chi connectivity index (χ4n) is 2.49.